The van der Waals surface area contributed by atoms with Gasteiger partial charge in [-0.1, -0.05) is 20.8 Å². The van der Waals surface area contributed by atoms with Gasteiger partial charge in [-0.2, -0.15) is 0 Å². The average Bonchev–Trinajstić information content (AvgIpc) is 2.22. The molecule has 0 unspecified atom stereocenters. The summed E-state index contributed by atoms with van der Waals surface area (Å²) in [6, 6.07) is 0. The normalized spacial score (nSPS) is 23.8. The number of hydrogen-bond donors (Lipinski definition) is 0. The summed E-state index contributed by atoms with van der Waals surface area (Å²) in [5, 5.41) is 0. The molecule has 0 aromatic heterocycles. The summed E-state index contributed by atoms with van der Waals surface area (Å²) >= 11 is 0. The van der Waals surface area contributed by atoms with E-state index in [9.17, 15) is 4.79 Å². The number of nitrogens with zero attached hydrogens (tertiary/aromatic N) is 2. The Labute approximate surface area is 124 Å². The number of carbonyl (C=O) groups excluding carboxylic acids is 1. The molecule has 0 atom stereocenters. The fourth-order valence-electron chi connectivity index (χ4n) is 3.47. The van der Waals surface area contributed by atoms with E-state index < -0.39 is 0 Å². The summed E-state index contributed by atoms with van der Waals surface area (Å²) in [6.45, 7) is 17.7. The van der Waals surface area contributed by atoms with E-state index in [1.54, 1.807) is 0 Å². The van der Waals surface area contributed by atoms with Gasteiger partial charge in [0.25, 0.3) is 0 Å². The van der Waals surface area contributed by atoms with Crippen LogP contribution in [0.5, 0.6) is 0 Å². The second-order valence-corrected chi connectivity index (χ2v) is 9.15. The standard InChI is InChI=1S/C17H32N2O/c1-15(2,3)11-14(20)18-12-17(13-18)7-9-19(10-8-17)16(4,5)6/h7-13H2,1-6H3. The minimum absolute atomic E-state index is 0.107. The van der Waals surface area contributed by atoms with Gasteiger partial charge in [-0.15, -0.1) is 0 Å². The predicted molar refractivity (Wildman–Crippen MR) is 83.6 cm³/mol. The molecule has 2 rings (SSSR count). The summed E-state index contributed by atoms with van der Waals surface area (Å²) in [6.07, 6.45) is 3.18. The first kappa shape index (κ1) is 15.8. The number of piperidine rings is 1. The summed E-state index contributed by atoms with van der Waals surface area (Å²) in [5.74, 6) is 0.348. The van der Waals surface area contributed by atoms with Crippen LogP contribution in [0.25, 0.3) is 0 Å². The Hall–Kier alpha value is -0.570. The lowest BCUT2D eigenvalue weighted by atomic mass is 9.71. The van der Waals surface area contributed by atoms with E-state index in [-0.39, 0.29) is 11.0 Å². The topological polar surface area (TPSA) is 23.6 Å². The number of rotatable bonds is 1. The lowest BCUT2D eigenvalue weighted by Gasteiger charge is -2.56. The first-order valence-corrected chi connectivity index (χ1v) is 8.04. The zero-order chi connectivity index (χ0) is 15.2. The van der Waals surface area contributed by atoms with Crippen LogP contribution in [-0.2, 0) is 4.79 Å². The van der Waals surface area contributed by atoms with Crippen LogP contribution in [0.1, 0.15) is 60.8 Å². The maximum atomic E-state index is 12.2. The molecule has 20 heavy (non-hydrogen) atoms. The van der Waals surface area contributed by atoms with Gasteiger partial charge < -0.3 is 4.90 Å². The van der Waals surface area contributed by atoms with Crippen LogP contribution >= 0.6 is 0 Å². The Morgan fingerprint density at radius 1 is 1.00 bits per heavy atom. The molecular weight excluding hydrogens is 248 g/mol. The minimum Gasteiger partial charge on any atom is -0.341 e. The molecule has 0 radical (unpaired) electrons. The molecule has 1 amide bonds. The van der Waals surface area contributed by atoms with Crippen molar-refractivity contribution in [3.63, 3.8) is 0 Å². The smallest absolute Gasteiger partial charge is 0.223 e. The van der Waals surface area contributed by atoms with Crippen molar-refractivity contribution < 1.29 is 4.79 Å². The van der Waals surface area contributed by atoms with Gasteiger partial charge >= 0.3 is 0 Å². The van der Waals surface area contributed by atoms with Crippen LogP contribution in [0.2, 0.25) is 0 Å². The van der Waals surface area contributed by atoms with Crippen molar-refractivity contribution in [2.24, 2.45) is 10.8 Å². The summed E-state index contributed by atoms with van der Waals surface area (Å²) in [4.78, 5) is 16.9. The fourth-order valence-corrected chi connectivity index (χ4v) is 3.47. The number of carbonyl (C=O) groups is 1. The predicted octanol–water partition coefficient (Wildman–Crippen LogP) is 3.15. The van der Waals surface area contributed by atoms with Crippen LogP contribution in [0.4, 0.5) is 0 Å². The molecule has 2 aliphatic rings. The van der Waals surface area contributed by atoms with E-state index in [1.807, 2.05) is 0 Å². The van der Waals surface area contributed by atoms with E-state index in [1.165, 1.54) is 25.9 Å². The fraction of sp³-hybridized carbons (Fsp3) is 0.941. The lowest BCUT2D eigenvalue weighted by Crippen LogP contribution is -2.63. The molecule has 0 aromatic carbocycles. The molecule has 0 N–H and O–H groups in total. The zero-order valence-electron chi connectivity index (χ0n) is 14.3. The van der Waals surface area contributed by atoms with Gasteiger partial charge in [0.1, 0.15) is 0 Å². The van der Waals surface area contributed by atoms with Gasteiger partial charge in [-0.05, 0) is 52.1 Å². The quantitative estimate of drug-likeness (QED) is 0.736. The SMILES string of the molecule is CC(C)(C)CC(=O)N1CC2(CCN(C(C)(C)C)CC2)C1. The second kappa shape index (κ2) is 5.01. The Morgan fingerprint density at radius 3 is 1.90 bits per heavy atom. The summed E-state index contributed by atoms with van der Waals surface area (Å²) in [5.41, 5.74) is 0.831. The number of amides is 1. The molecule has 0 aliphatic carbocycles. The third kappa shape index (κ3) is 3.55. The number of hydrogen-bond acceptors (Lipinski definition) is 2. The van der Waals surface area contributed by atoms with Gasteiger partial charge in [0.05, 0.1) is 0 Å². The zero-order valence-corrected chi connectivity index (χ0v) is 14.3. The van der Waals surface area contributed by atoms with Crippen molar-refractivity contribution >= 4 is 5.91 Å². The van der Waals surface area contributed by atoms with E-state index in [0.29, 0.717) is 17.7 Å². The number of likely N-dealkylation sites (tertiary alicyclic amines) is 2. The highest BCUT2D eigenvalue weighted by atomic mass is 16.2. The molecule has 3 heteroatoms. The molecule has 2 saturated heterocycles. The van der Waals surface area contributed by atoms with E-state index in [2.05, 4.69) is 51.3 Å². The van der Waals surface area contributed by atoms with Crippen molar-refractivity contribution in [2.45, 2.75) is 66.3 Å². The monoisotopic (exact) mass is 280 g/mol. The third-order valence-electron chi connectivity index (χ3n) is 4.86. The maximum absolute atomic E-state index is 12.2. The Morgan fingerprint density at radius 2 is 1.50 bits per heavy atom. The Balaban J connectivity index is 1.81. The Kier molecular flexibility index (Phi) is 3.96. The van der Waals surface area contributed by atoms with Crippen LogP contribution in [-0.4, -0.2) is 47.4 Å². The second-order valence-electron chi connectivity index (χ2n) is 9.15. The van der Waals surface area contributed by atoms with Crippen molar-refractivity contribution in [3.8, 4) is 0 Å². The van der Waals surface area contributed by atoms with Gasteiger partial charge in [-0.25, -0.2) is 0 Å². The minimum atomic E-state index is 0.107. The third-order valence-corrected chi connectivity index (χ3v) is 4.86. The molecule has 0 saturated carbocycles. The molecule has 2 heterocycles. The first-order valence-electron chi connectivity index (χ1n) is 8.04. The van der Waals surface area contributed by atoms with E-state index in [4.69, 9.17) is 0 Å². The van der Waals surface area contributed by atoms with Gasteiger partial charge in [-0.3, -0.25) is 9.69 Å². The van der Waals surface area contributed by atoms with Crippen LogP contribution in [0.15, 0.2) is 0 Å². The largest absolute Gasteiger partial charge is 0.341 e. The van der Waals surface area contributed by atoms with Gasteiger partial charge in [0.15, 0.2) is 0 Å². The maximum Gasteiger partial charge on any atom is 0.223 e. The van der Waals surface area contributed by atoms with Crippen molar-refractivity contribution in [1.82, 2.24) is 9.80 Å². The highest BCUT2D eigenvalue weighted by Crippen LogP contribution is 2.42. The highest BCUT2D eigenvalue weighted by molar-refractivity contribution is 5.77. The first-order chi connectivity index (χ1) is 9.01. The molecule has 3 nitrogen and oxygen atoms in total. The average molecular weight is 280 g/mol. The summed E-state index contributed by atoms with van der Waals surface area (Å²) < 4.78 is 0. The molecular formula is C17H32N2O. The van der Waals surface area contributed by atoms with Crippen molar-refractivity contribution in [1.29, 1.82) is 0 Å². The van der Waals surface area contributed by atoms with Gasteiger partial charge in [0.2, 0.25) is 5.91 Å². The molecule has 0 aromatic rings. The van der Waals surface area contributed by atoms with Crippen LogP contribution in [0.3, 0.4) is 0 Å². The Bertz CT molecular complexity index is 359. The van der Waals surface area contributed by atoms with Crippen LogP contribution in [0, 0.1) is 10.8 Å². The van der Waals surface area contributed by atoms with Crippen molar-refractivity contribution in [2.75, 3.05) is 26.2 Å². The van der Waals surface area contributed by atoms with Gasteiger partial charge in [0, 0.05) is 30.5 Å². The van der Waals surface area contributed by atoms with Crippen molar-refractivity contribution in [3.05, 3.63) is 0 Å². The highest BCUT2D eigenvalue weighted by Gasteiger charge is 2.47. The van der Waals surface area contributed by atoms with E-state index in [0.717, 1.165) is 13.1 Å². The molecule has 2 aliphatic heterocycles. The van der Waals surface area contributed by atoms with Crippen LogP contribution < -0.4 is 0 Å². The molecule has 0 bridgehead atoms. The molecule has 116 valence electrons. The molecule has 2 fully saturated rings. The van der Waals surface area contributed by atoms with E-state index >= 15 is 0 Å². The summed E-state index contributed by atoms with van der Waals surface area (Å²) in [7, 11) is 0. The lowest BCUT2D eigenvalue weighted by molar-refractivity contribution is -0.149. The molecule has 1 spiro atoms.